The Morgan fingerprint density at radius 1 is 1.00 bits per heavy atom. The van der Waals surface area contributed by atoms with E-state index in [0.29, 0.717) is 19.6 Å². The maximum Gasteiger partial charge on any atom is 0.333 e. The number of hydrogen-bond donors (Lipinski definition) is 1. The smallest absolute Gasteiger partial charge is 0.333 e. The summed E-state index contributed by atoms with van der Waals surface area (Å²) < 4.78 is 16.5. The van der Waals surface area contributed by atoms with Crippen molar-refractivity contribution < 1.29 is 24.1 Å². The van der Waals surface area contributed by atoms with Crippen LogP contribution in [0, 0.1) is 0 Å². The van der Waals surface area contributed by atoms with Crippen LogP contribution in [0.5, 0.6) is 11.5 Å². The van der Waals surface area contributed by atoms with Gasteiger partial charge in [-0.25, -0.2) is 4.79 Å². The summed E-state index contributed by atoms with van der Waals surface area (Å²) in [7, 11) is 1.40. The van der Waals surface area contributed by atoms with E-state index in [9.17, 15) is 4.79 Å². The van der Waals surface area contributed by atoms with Crippen LogP contribution in [0.4, 0.5) is 0 Å². The standard InChI is InChI=1S/C22H26O5/c1-25-21(22(23)24)14-16-6-9-19(10-7-16)26-12-3-13-27-20-11-8-17-4-2-5-18(17)15-20/h6-11,15,21H,2-5,12-14H2,1H3,(H,23,24)/t21-/m0/s1. The van der Waals surface area contributed by atoms with Gasteiger partial charge in [0.05, 0.1) is 13.2 Å². The van der Waals surface area contributed by atoms with Crippen LogP contribution in [0.3, 0.4) is 0 Å². The fraction of sp³-hybridized carbons (Fsp3) is 0.409. The highest BCUT2D eigenvalue weighted by molar-refractivity contribution is 5.72. The van der Waals surface area contributed by atoms with Gasteiger partial charge in [-0.05, 0) is 60.2 Å². The lowest BCUT2D eigenvalue weighted by Crippen LogP contribution is -2.24. The molecule has 5 heteroatoms. The van der Waals surface area contributed by atoms with E-state index in [4.69, 9.17) is 19.3 Å². The summed E-state index contributed by atoms with van der Waals surface area (Å²) in [5, 5.41) is 9.02. The second-order valence-electron chi connectivity index (χ2n) is 6.75. The zero-order valence-corrected chi connectivity index (χ0v) is 15.6. The molecule has 2 aromatic carbocycles. The number of aryl methyl sites for hydroxylation is 2. The first-order valence-corrected chi connectivity index (χ1v) is 9.37. The topological polar surface area (TPSA) is 65.0 Å². The predicted octanol–water partition coefficient (Wildman–Crippen LogP) is 3.67. The van der Waals surface area contributed by atoms with Crippen molar-refractivity contribution in [3.8, 4) is 11.5 Å². The highest BCUT2D eigenvalue weighted by atomic mass is 16.5. The molecule has 27 heavy (non-hydrogen) atoms. The Labute approximate surface area is 159 Å². The van der Waals surface area contributed by atoms with Crippen LogP contribution in [0.1, 0.15) is 29.5 Å². The summed E-state index contributed by atoms with van der Waals surface area (Å²) in [5.41, 5.74) is 3.77. The molecule has 0 fully saturated rings. The molecule has 0 aromatic heterocycles. The van der Waals surface area contributed by atoms with Gasteiger partial charge in [-0.15, -0.1) is 0 Å². The van der Waals surface area contributed by atoms with Gasteiger partial charge in [-0.3, -0.25) is 0 Å². The number of ether oxygens (including phenoxy) is 3. The summed E-state index contributed by atoms with van der Waals surface area (Å²) in [4.78, 5) is 11.0. The van der Waals surface area contributed by atoms with Crippen molar-refractivity contribution in [3.63, 3.8) is 0 Å². The van der Waals surface area contributed by atoms with E-state index < -0.39 is 12.1 Å². The van der Waals surface area contributed by atoms with Gasteiger partial charge in [0.1, 0.15) is 11.5 Å². The largest absolute Gasteiger partial charge is 0.493 e. The molecule has 5 nitrogen and oxygen atoms in total. The molecule has 0 saturated carbocycles. The van der Waals surface area contributed by atoms with Gasteiger partial charge in [0.25, 0.3) is 0 Å². The molecule has 0 heterocycles. The average Bonchev–Trinajstić information content (AvgIpc) is 3.14. The van der Waals surface area contributed by atoms with Crippen LogP contribution in [-0.4, -0.2) is 37.5 Å². The number of rotatable bonds is 10. The summed E-state index contributed by atoms with van der Waals surface area (Å²) in [6, 6.07) is 13.8. The first kappa shape index (κ1) is 19.2. The molecule has 0 unspecified atom stereocenters. The van der Waals surface area contributed by atoms with E-state index in [1.54, 1.807) is 0 Å². The minimum atomic E-state index is -0.957. The van der Waals surface area contributed by atoms with Gasteiger partial charge in [-0.1, -0.05) is 18.2 Å². The molecule has 1 aliphatic carbocycles. The van der Waals surface area contributed by atoms with E-state index in [0.717, 1.165) is 29.9 Å². The maximum absolute atomic E-state index is 11.0. The number of benzene rings is 2. The van der Waals surface area contributed by atoms with Crippen LogP contribution in [0.15, 0.2) is 42.5 Å². The van der Waals surface area contributed by atoms with Gasteiger partial charge in [-0.2, -0.15) is 0 Å². The maximum atomic E-state index is 11.0. The Kier molecular flexibility index (Phi) is 6.71. The zero-order chi connectivity index (χ0) is 19.1. The van der Waals surface area contributed by atoms with Crippen molar-refractivity contribution in [1.82, 2.24) is 0 Å². The van der Waals surface area contributed by atoms with Crippen LogP contribution in [-0.2, 0) is 28.8 Å². The number of carboxylic acid groups (broad SMARTS) is 1. The molecule has 2 aromatic rings. The summed E-state index contributed by atoms with van der Waals surface area (Å²) in [6.07, 6.45) is 3.89. The summed E-state index contributed by atoms with van der Waals surface area (Å²) in [5.74, 6) is 0.743. The third kappa shape index (κ3) is 5.47. The molecular formula is C22H26O5. The number of methoxy groups -OCH3 is 1. The molecule has 1 atom stereocenters. The average molecular weight is 370 g/mol. The third-order valence-electron chi connectivity index (χ3n) is 4.80. The molecule has 0 bridgehead atoms. The van der Waals surface area contributed by atoms with Crippen LogP contribution in [0.25, 0.3) is 0 Å². The monoisotopic (exact) mass is 370 g/mol. The van der Waals surface area contributed by atoms with Crippen LogP contribution < -0.4 is 9.47 Å². The molecule has 0 saturated heterocycles. The molecule has 144 valence electrons. The number of carbonyl (C=O) groups is 1. The fourth-order valence-corrected chi connectivity index (χ4v) is 3.28. The highest BCUT2D eigenvalue weighted by Gasteiger charge is 2.16. The Morgan fingerprint density at radius 3 is 2.37 bits per heavy atom. The molecule has 1 N–H and O–H groups in total. The SMILES string of the molecule is CO[C@@H](Cc1ccc(OCCCOc2ccc3c(c2)CCC3)cc1)C(=O)O. The molecule has 0 aliphatic heterocycles. The van der Waals surface area contributed by atoms with Gasteiger partial charge >= 0.3 is 5.97 Å². The van der Waals surface area contributed by atoms with E-state index >= 15 is 0 Å². The van der Waals surface area contributed by atoms with Crippen molar-refractivity contribution in [2.45, 2.75) is 38.2 Å². The Balaban J connectivity index is 1.37. The van der Waals surface area contributed by atoms with E-state index in [2.05, 4.69) is 12.1 Å². The summed E-state index contributed by atoms with van der Waals surface area (Å²) in [6.45, 7) is 1.19. The fourth-order valence-electron chi connectivity index (χ4n) is 3.28. The predicted molar refractivity (Wildman–Crippen MR) is 103 cm³/mol. The molecule has 1 aliphatic rings. The van der Waals surface area contributed by atoms with Crippen molar-refractivity contribution in [2.24, 2.45) is 0 Å². The van der Waals surface area contributed by atoms with E-state index in [-0.39, 0.29) is 0 Å². The van der Waals surface area contributed by atoms with Crippen molar-refractivity contribution in [3.05, 3.63) is 59.2 Å². The first-order valence-electron chi connectivity index (χ1n) is 9.37. The Bertz CT molecular complexity index is 754. The molecule has 0 spiro atoms. The van der Waals surface area contributed by atoms with Gasteiger partial charge in [0.15, 0.2) is 6.10 Å². The van der Waals surface area contributed by atoms with Gasteiger partial charge in [0, 0.05) is 20.0 Å². The first-order chi connectivity index (χ1) is 13.2. The van der Waals surface area contributed by atoms with Crippen LogP contribution >= 0.6 is 0 Å². The van der Waals surface area contributed by atoms with E-state index in [1.165, 1.54) is 31.1 Å². The van der Waals surface area contributed by atoms with E-state index in [1.807, 2.05) is 30.3 Å². The lowest BCUT2D eigenvalue weighted by molar-refractivity contribution is -0.148. The van der Waals surface area contributed by atoms with Crippen molar-refractivity contribution in [2.75, 3.05) is 20.3 Å². The van der Waals surface area contributed by atoms with Crippen molar-refractivity contribution >= 4 is 5.97 Å². The number of carboxylic acids is 1. The second kappa shape index (κ2) is 9.42. The summed E-state index contributed by atoms with van der Waals surface area (Å²) >= 11 is 0. The minimum Gasteiger partial charge on any atom is -0.493 e. The van der Waals surface area contributed by atoms with Crippen molar-refractivity contribution in [1.29, 1.82) is 0 Å². The number of aliphatic carboxylic acids is 1. The highest BCUT2D eigenvalue weighted by Crippen LogP contribution is 2.26. The van der Waals surface area contributed by atoms with Gasteiger partial charge < -0.3 is 19.3 Å². The molecular weight excluding hydrogens is 344 g/mol. The second-order valence-corrected chi connectivity index (χ2v) is 6.75. The molecule has 0 amide bonds. The third-order valence-corrected chi connectivity index (χ3v) is 4.80. The quantitative estimate of drug-likeness (QED) is 0.647. The molecule has 0 radical (unpaired) electrons. The lowest BCUT2D eigenvalue weighted by Gasteiger charge is -2.11. The zero-order valence-electron chi connectivity index (χ0n) is 15.6. The number of fused-ring (bicyclic) bond motifs is 1. The molecule has 3 rings (SSSR count). The Hall–Kier alpha value is -2.53. The number of hydrogen-bond acceptors (Lipinski definition) is 4. The van der Waals surface area contributed by atoms with Crippen LogP contribution in [0.2, 0.25) is 0 Å². The van der Waals surface area contributed by atoms with Gasteiger partial charge in [0.2, 0.25) is 0 Å². The Morgan fingerprint density at radius 2 is 1.67 bits per heavy atom. The minimum absolute atomic E-state index is 0.334. The normalized spacial score (nSPS) is 13.8. The lowest BCUT2D eigenvalue weighted by atomic mass is 10.1.